The first-order chi connectivity index (χ1) is 68.2. The number of aromatic nitrogens is 12. The van der Waals surface area contributed by atoms with Crippen LogP contribution in [0.1, 0.15) is 27.8 Å². The Balaban J connectivity index is 0.000000110. The Morgan fingerprint density at radius 2 is 0.601 bits per heavy atom. The number of benzene rings is 18. The number of nitriles is 3. The highest BCUT2D eigenvalue weighted by atomic mass is 32.1. The number of nitrogens with zero attached hydrogens (tertiary/aromatic N) is 15. The molecule has 0 spiro atoms. The van der Waals surface area contributed by atoms with Gasteiger partial charge in [0.2, 0.25) is 0 Å². The topological polar surface area (TPSA) is 215 Å². The van der Waals surface area contributed by atoms with Crippen molar-refractivity contribution in [1.29, 1.82) is 15.8 Å². The van der Waals surface area contributed by atoms with Gasteiger partial charge in [0, 0.05) is 132 Å². The van der Waals surface area contributed by atoms with Gasteiger partial charge in [0.1, 0.15) is 5.58 Å². The number of hydrogen-bond donors (Lipinski definition) is 0. The minimum atomic E-state index is 0.514. The van der Waals surface area contributed by atoms with E-state index in [4.69, 9.17) is 49.3 Å². The van der Waals surface area contributed by atoms with Crippen molar-refractivity contribution in [1.82, 2.24) is 58.6 Å². The van der Waals surface area contributed by atoms with Gasteiger partial charge < -0.3 is 18.1 Å². The third-order valence-electron chi connectivity index (χ3n) is 25.9. The normalized spacial score (nSPS) is 11.6. The second-order valence-corrected chi connectivity index (χ2v) is 35.0. The molecule has 0 bridgehead atoms. The molecular weight excluding hydrogens is 1710 g/mol. The van der Waals surface area contributed by atoms with Crippen molar-refractivity contribution in [3.8, 4) is 149 Å². The molecule has 27 rings (SSSR count). The first kappa shape index (κ1) is 80.9. The van der Waals surface area contributed by atoms with Crippen LogP contribution in [-0.4, -0.2) is 58.6 Å². The number of rotatable bonds is 12. The molecule has 18 aromatic carbocycles. The number of fused-ring (bicyclic) bond motifs is 21. The predicted molar refractivity (Wildman–Crippen MR) is 554 cm³/mol. The quantitative estimate of drug-likeness (QED) is 0.111. The number of hydrogen-bond acceptors (Lipinski definition) is 14. The Hall–Kier alpha value is -19.1. The number of furan rings is 1. The Bertz CT molecular complexity index is 9520. The van der Waals surface area contributed by atoms with Gasteiger partial charge in [-0.1, -0.05) is 261 Å². The van der Waals surface area contributed by atoms with Crippen molar-refractivity contribution in [2.24, 2.45) is 0 Å². The largest absolute Gasteiger partial charge is 0.454 e. The zero-order valence-electron chi connectivity index (χ0n) is 73.6. The Morgan fingerprint density at radius 1 is 0.239 bits per heavy atom. The minimum Gasteiger partial charge on any atom is -0.454 e. The van der Waals surface area contributed by atoms with Crippen LogP contribution in [0, 0.1) is 34.0 Å². The average molecular weight is 1780 g/mol. The first-order valence-corrected chi connectivity index (χ1v) is 46.2. The van der Waals surface area contributed by atoms with Crippen LogP contribution < -0.4 is 0 Å². The molecule has 138 heavy (non-hydrogen) atoms. The van der Waals surface area contributed by atoms with Crippen molar-refractivity contribution < 1.29 is 4.42 Å². The second kappa shape index (κ2) is 33.9. The van der Waals surface area contributed by atoms with Crippen molar-refractivity contribution in [3.63, 3.8) is 0 Å². The van der Waals surface area contributed by atoms with Crippen LogP contribution in [0.15, 0.2) is 423 Å². The van der Waals surface area contributed by atoms with E-state index in [1.54, 1.807) is 36.4 Å². The average Bonchev–Trinajstić information content (AvgIpc) is 1.56. The Kier molecular flexibility index (Phi) is 19.9. The SMILES string of the molecule is N#Cc1ccc(-c2nc(-c3ccccc3)nc(-c3ccc(-n4c5ccccc5c5ccc6c7ccccc7sc6c54)cc3)n2)cc1.N#Cc1ccc(-c2nc(-c3ccccc3)nc(-c3cccc(-n4c5ccccc5c5ccc6c(c54)Cc4ccccc4-6)c3)n2)cc1.N#Cc1cccc(-c2nc(-c3ccccc3)nc(-c3ccc(-n4c5ccccc5c5ccc6c7ccccc7oc6c54)cc3)n2)c1. The minimum absolute atomic E-state index is 0.514. The third kappa shape index (κ3) is 14.2. The molecule has 0 saturated heterocycles. The van der Waals surface area contributed by atoms with E-state index in [1.807, 2.05) is 169 Å². The maximum absolute atomic E-state index is 9.49. The molecule has 0 saturated carbocycles. The van der Waals surface area contributed by atoms with Crippen molar-refractivity contribution in [3.05, 3.63) is 446 Å². The molecule has 1 aliphatic rings. The van der Waals surface area contributed by atoms with Crippen molar-refractivity contribution >= 4 is 119 Å². The third-order valence-corrected chi connectivity index (χ3v) is 27.1. The molecule has 16 nitrogen and oxygen atoms in total. The summed E-state index contributed by atoms with van der Waals surface area (Å²) >= 11 is 1.85. The molecule has 0 unspecified atom stereocenters. The van der Waals surface area contributed by atoms with Gasteiger partial charge in [-0.05, 0) is 180 Å². The van der Waals surface area contributed by atoms with Gasteiger partial charge in [-0.15, -0.1) is 11.3 Å². The summed E-state index contributed by atoms with van der Waals surface area (Å²) in [5, 5.41) is 40.1. The fourth-order valence-corrected chi connectivity index (χ4v) is 20.7. The van der Waals surface area contributed by atoms with E-state index in [1.165, 1.54) is 80.5 Å². The highest BCUT2D eigenvalue weighted by molar-refractivity contribution is 7.26. The van der Waals surface area contributed by atoms with E-state index < -0.39 is 0 Å². The molecule has 0 aliphatic heterocycles. The standard InChI is InChI=1S/C41H25N5.C40H23N5O.C40H23N5S/c42-25-26-17-19-28(20-18-26)40-43-39(27-9-2-1-3-10-27)44-41(45-40)30-12-8-13-31(23-30)46-37-16-7-6-15-34(37)35-22-21-33-32-14-5-4-11-29(32)24-36(33)38(35)46;41-24-25-9-8-12-28(23-25)40-43-38(26-10-2-1-3-11-26)42-39(44-40)27-17-19-29(20-18-27)45-34-15-6-4-13-30(34)32-21-22-33-31-14-5-7-16-35(31)46-37(33)36(32)45;41-24-25-14-16-27(17-15-25)39-42-38(26-8-2-1-3-9-26)43-40(44-39)28-18-20-29(21-19-28)45-34-12-6-4-10-30(34)32-22-23-33-31-11-5-7-13-35(31)46-37(33)36(32)45/h1-23H,24H2;2*1-23H. The lowest BCUT2D eigenvalue weighted by Gasteiger charge is -2.13. The summed E-state index contributed by atoms with van der Waals surface area (Å²) in [6.07, 6.45) is 0.903. The molecular formula is C121H71N15OS. The molecule has 0 radical (unpaired) electrons. The first-order valence-electron chi connectivity index (χ1n) is 45.3. The zero-order valence-corrected chi connectivity index (χ0v) is 74.4. The van der Waals surface area contributed by atoms with E-state index in [-0.39, 0.29) is 0 Å². The van der Waals surface area contributed by atoms with Gasteiger partial charge in [-0.2, -0.15) is 15.8 Å². The number of para-hydroxylation sites is 4. The van der Waals surface area contributed by atoms with Crippen molar-refractivity contribution in [2.75, 3.05) is 0 Å². The molecule has 0 amide bonds. The van der Waals surface area contributed by atoms with E-state index in [0.717, 1.165) is 123 Å². The van der Waals surface area contributed by atoms with Crippen LogP contribution in [0.2, 0.25) is 0 Å². The zero-order chi connectivity index (χ0) is 91.8. The summed E-state index contributed by atoms with van der Waals surface area (Å²) in [5.74, 6) is 5.15. The van der Waals surface area contributed by atoms with E-state index >= 15 is 0 Å². The summed E-state index contributed by atoms with van der Waals surface area (Å²) in [7, 11) is 0. The highest BCUT2D eigenvalue weighted by Gasteiger charge is 2.28. The van der Waals surface area contributed by atoms with Gasteiger partial charge in [-0.25, -0.2) is 44.9 Å². The van der Waals surface area contributed by atoms with Crippen LogP contribution in [-0.2, 0) is 6.42 Å². The lowest BCUT2D eigenvalue weighted by molar-refractivity contribution is 0.671. The molecule has 0 atom stereocenters. The van der Waals surface area contributed by atoms with E-state index in [2.05, 4.69) is 256 Å². The van der Waals surface area contributed by atoms with Gasteiger partial charge in [-0.3, -0.25) is 0 Å². The molecule has 8 heterocycles. The number of thiophene rings is 1. The van der Waals surface area contributed by atoms with Crippen LogP contribution in [0.4, 0.5) is 0 Å². The van der Waals surface area contributed by atoms with Crippen LogP contribution >= 0.6 is 11.3 Å². The maximum Gasteiger partial charge on any atom is 0.164 e. The second-order valence-electron chi connectivity index (χ2n) is 34.0. The summed E-state index contributed by atoms with van der Waals surface area (Å²) in [6, 6.07) is 148. The Labute approximate surface area is 793 Å². The predicted octanol–water partition coefficient (Wildman–Crippen LogP) is 29.4. The van der Waals surface area contributed by atoms with E-state index in [9.17, 15) is 15.8 Å². The molecule has 1 aliphatic carbocycles. The monoisotopic (exact) mass is 1780 g/mol. The van der Waals surface area contributed by atoms with Gasteiger partial charge >= 0.3 is 0 Å². The van der Waals surface area contributed by atoms with Crippen LogP contribution in [0.5, 0.6) is 0 Å². The lowest BCUT2D eigenvalue weighted by Crippen LogP contribution is -2.01. The summed E-state index contributed by atoms with van der Waals surface area (Å²) in [5.41, 5.74) is 26.7. The molecule has 0 fully saturated rings. The Morgan fingerprint density at radius 3 is 1.11 bits per heavy atom. The smallest absolute Gasteiger partial charge is 0.164 e. The highest BCUT2D eigenvalue weighted by Crippen LogP contribution is 2.48. The summed E-state index contributed by atoms with van der Waals surface area (Å²) < 4.78 is 16.2. The van der Waals surface area contributed by atoms with Gasteiger partial charge in [0.05, 0.1) is 72.7 Å². The van der Waals surface area contributed by atoms with E-state index in [0.29, 0.717) is 69.1 Å². The molecule has 26 aromatic rings. The lowest BCUT2D eigenvalue weighted by atomic mass is 10.0. The molecule has 17 heteroatoms. The molecule has 0 N–H and O–H groups in total. The fraction of sp³-hybridized carbons (Fsp3) is 0.00826. The van der Waals surface area contributed by atoms with Crippen molar-refractivity contribution in [2.45, 2.75) is 6.42 Å². The van der Waals surface area contributed by atoms with Crippen LogP contribution in [0.3, 0.4) is 0 Å². The molecule has 642 valence electrons. The molecule has 8 aromatic heterocycles. The van der Waals surface area contributed by atoms with Gasteiger partial charge in [0.25, 0.3) is 0 Å². The fourth-order valence-electron chi connectivity index (χ4n) is 19.4. The van der Waals surface area contributed by atoms with Gasteiger partial charge in [0.15, 0.2) is 58.0 Å². The summed E-state index contributed by atoms with van der Waals surface area (Å²) in [4.78, 5) is 44.0. The summed E-state index contributed by atoms with van der Waals surface area (Å²) in [6.45, 7) is 0. The maximum atomic E-state index is 9.49. The van der Waals surface area contributed by atoms with Crippen LogP contribution in [0.25, 0.3) is 238 Å².